The Morgan fingerprint density at radius 2 is 1.90 bits per heavy atom. The van der Waals surface area contributed by atoms with Gasteiger partial charge in [-0.3, -0.25) is 4.79 Å². The van der Waals surface area contributed by atoms with Crippen LogP contribution >= 0.6 is 0 Å². The van der Waals surface area contributed by atoms with Gasteiger partial charge in [-0.2, -0.15) is 13.2 Å². The number of hydrogen-bond acceptors (Lipinski definition) is 3. The summed E-state index contributed by atoms with van der Waals surface area (Å²) in [5.74, 6) is -0.416. The quantitative estimate of drug-likeness (QED) is 0.842. The number of likely N-dealkylation sites (N-methyl/N-ethyl adjacent to an activating group) is 1. The smallest absolute Gasteiger partial charge is 0.399 e. The highest BCUT2D eigenvalue weighted by Gasteiger charge is 2.35. The summed E-state index contributed by atoms with van der Waals surface area (Å²) < 4.78 is 38.1. The van der Waals surface area contributed by atoms with Crippen LogP contribution in [0.4, 0.5) is 18.9 Å². The maximum absolute atomic E-state index is 12.7. The van der Waals surface area contributed by atoms with Gasteiger partial charge < -0.3 is 15.5 Å². The van der Waals surface area contributed by atoms with Gasteiger partial charge in [0.25, 0.3) is 5.91 Å². The summed E-state index contributed by atoms with van der Waals surface area (Å²) >= 11 is 0. The number of hydrogen-bond donors (Lipinski definition) is 1. The average molecular weight is 287 g/mol. The fourth-order valence-corrected chi connectivity index (χ4v) is 2.07. The molecule has 20 heavy (non-hydrogen) atoms. The summed E-state index contributed by atoms with van der Waals surface area (Å²) in [5, 5.41) is 0. The zero-order valence-corrected chi connectivity index (χ0v) is 11.2. The molecular weight excluding hydrogens is 271 g/mol. The summed E-state index contributed by atoms with van der Waals surface area (Å²) in [7, 11) is 3.80. The molecule has 0 aliphatic carbocycles. The molecule has 0 saturated carbocycles. The van der Waals surface area contributed by atoms with Gasteiger partial charge in [-0.1, -0.05) is 0 Å². The van der Waals surface area contributed by atoms with E-state index in [1.807, 2.05) is 19.0 Å². The number of benzene rings is 1. The van der Waals surface area contributed by atoms with Crippen molar-refractivity contribution in [3.05, 3.63) is 29.3 Å². The molecule has 1 aromatic carbocycles. The summed E-state index contributed by atoms with van der Waals surface area (Å²) in [4.78, 5) is 15.6. The molecule has 0 aromatic heterocycles. The number of nitrogens with zero attached hydrogens (tertiary/aromatic N) is 2. The third-order valence-electron chi connectivity index (χ3n) is 3.41. The van der Waals surface area contributed by atoms with Crippen LogP contribution < -0.4 is 5.73 Å². The van der Waals surface area contributed by atoms with Crippen molar-refractivity contribution in [2.45, 2.75) is 12.2 Å². The lowest BCUT2D eigenvalue weighted by atomic mass is 10.0. The molecule has 1 saturated heterocycles. The molecule has 4 nitrogen and oxygen atoms in total. The first kappa shape index (κ1) is 14.6. The predicted molar refractivity (Wildman–Crippen MR) is 69.2 cm³/mol. The first-order valence-corrected chi connectivity index (χ1v) is 6.12. The number of carbonyl (C=O) groups excluding carboxylic acids is 1. The van der Waals surface area contributed by atoms with Crippen LogP contribution in [0.1, 0.15) is 15.9 Å². The Morgan fingerprint density at radius 3 is 2.40 bits per heavy atom. The van der Waals surface area contributed by atoms with E-state index in [-0.39, 0.29) is 17.3 Å². The highest BCUT2D eigenvalue weighted by Crippen LogP contribution is 2.32. The van der Waals surface area contributed by atoms with Crippen molar-refractivity contribution in [1.82, 2.24) is 9.80 Å². The summed E-state index contributed by atoms with van der Waals surface area (Å²) in [6.07, 6.45) is -4.51. The summed E-state index contributed by atoms with van der Waals surface area (Å²) in [5.41, 5.74) is 4.47. The van der Waals surface area contributed by atoms with Crippen molar-refractivity contribution >= 4 is 11.6 Å². The molecule has 0 spiro atoms. The second kappa shape index (κ2) is 4.97. The number of nitrogen functional groups attached to an aromatic ring is 1. The van der Waals surface area contributed by atoms with E-state index in [4.69, 9.17) is 5.73 Å². The first-order chi connectivity index (χ1) is 9.18. The highest BCUT2D eigenvalue weighted by molar-refractivity contribution is 5.96. The van der Waals surface area contributed by atoms with Crippen molar-refractivity contribution in [2.75, 3.05) is 32.9 Å². The van der Waals surface area contributed by atoms with Gasteiger partial charge in [0, 0.05) is 30.4 Å². The van der Waals surface area contributed by atoms with Gasteiger partial charge in [-0.15, -0.1) is 0 Å². The lowest BCUT2D eigenvalue weighted by Crippen LogP contribution is -2.59. The lowest BCUT2D eigenvalue weighted by Gasteiger charge is -2.42. The van der Waals surface area contributed by atoms with Gasteiger partial charge in [0.15, 0.2) is 0 Å². The Morgan fingerprint density at radius 1 is 1.30 bits per heavy atom. The van der Waals surface area contributed by atoms with Crippen LogP contribution in [-0.4, -0.2) is 48.9 Å². The molecule has 1 aromatic rings. The molecule has 0 unspecified atom stereocenters. The molecule has 110 valence electrons. The Bertz CT molecular complexity index is 522. The number of likely N-dealkylation sites (tertiary alicyclic amines) is 1. The molecule has 2 N–H and O–H groups in total. The van der Waals surface area contributed by atoms with E-state index in [0.717, 1.165) is 12.1 Å². The summed E-state index contributed by atoms with van der Waals surface area (Å²) in [6, 6.07) is 3.21. The summed E-state index contributed by atoms with van der Waals surface area (Å²) in [6.45, 7) is 1.03. The zero-order valence-electron chi connectivity index (χ0n) is 11.2. The molecule has 7 heteroatoms. The standard InChI is InChI=1S/C13H16F3N3O/c1-18(2)11-6-19(7-11)12(20)8-3-9(13(14,15)16)5-10(17)4-8/h3-5,11H,6-7,17H2,1-2H3. The van der Waals surface area contributed by atoms with Crippen molar-refractivity contribution in [3.63, 3.8) is 0 Å². The van der Waals surface area contributed by atoms with Crippen molar-refractivity contribution < 1.29 is 18.0 Å². The number of halogens is 3. The highest BCUT2D eigenvalue weighted by atomic mass is 19.4. The monoisotopic (exact) mass is 287 g/mol. The first-order valence-electron chi connectivity index (χ1n) is 6.12. The van der Waals surface area contributed by atoms with E-state index in [9.17, 15) is 18.0 Å². The lowest BCUT2D eigenvalue weighted by molar-refractivity contribution is -0.137. The van der Waals surface area contributed by atoms with Gasteiger partial charge in [-0.25, -0.2) is 0 Å². The molecule has 0 radical (unpaired) electrons. The number of amides is 1. The third kappa shape index (κ3) is 2.87. The number of rotatable bonds is 2. The maximum atomic E-state index is 12.7. The van der Waals surface area contributed by atoms with Crippen LogP contribution in [0.15, 0.2) is 18.2 Å². The Hall–Kier alpha value is -1.76. The van der Waals surface area contributed by atoms with Crippen LogP contribution in [0.5, 0.6) is 0 Å². The largest absolute Gasteiger partial charge is 0.416 e. The van der Waals surface area contributed by atoms with E-state index in [1.54, 1.807) is 0 Å². The van der Waals surface area contributed by atoms with E-state index in [2.05, 4.69) is 0 Å². The molecule has 1 aliphatic rings. The molecule has 2 rings (SSSR count). The number of nitrogens with two attached hydrogens (primary N) is 1. The fourth-order valence-electron chi connectivity index (χ4n) is 2.07. The molecular formula is C13H16F3N3O. The SMILES string of the molecule is CN(C)C1CN(C(=O)c2cc(N)cc(C(F)(F)F)c2)C1. The number of carbonyl (C=O) groups is 1. The van der Waals surface area contributed by atoms with Gasteiger partial charge in [0.1, 0.15) is 0 Å². The van der Waals surface area contributed by atoms with Crippen LogP contribution in [0.2, 0.25) is 0 Å². The molecule has 0 atom stereocenters. The minimum atomic E-state index is -4.51. The van der Waals surface area contributed by atoms with Gasteiger partial charge in [0.05, 0.1) is 5.56 Å². The van der Waals surface area contributed by atoms with Gasteiger partial charge in [0.2, 0.25) is 0 Å². The van der Waals surface area contributed by atoms with Crippen molar-refractivity contribution in [3.8, 4) is 0 Å². The molecule has 0 bridgehead atoms. The van der Waals surface area contributed by atoms with E-state index >= 15 is 0 Å². The van der Waals surface area contributed by atoms with Crippen molar-refractivity contribution in [1.29, 1.82) is 0 Å². The second-order valence-corrected chi connectivity index (χ2v) is 5.17. The Kier molecular flexibility index (Phi) is 3.64. The molecule has 1 heterocycles. The Labute approximate surface area is 114 Å². The van der Waals surface area contributed by atoms with Crippen LogP contribution in [0.25, 0.3) is 0 Å². The number of anilines is 1. The number of alkyl halides is 3. The molecule has 1 amide bonds. The second-order valence-electron chi connectivity index (χ2n) is 5.17. The van der Waals surface area contributed by atoms with Gasteiger partial charge >= 0.3 is 6.18 Å². The van der Waals surface area contributed by atoms with Gasteiger partial charge in [-0.05, 0) is 32.3 Å². The van der Waals surface area contributed by atoms with E-state index < -0.39 is 17.6 Å². The minimum Gasteiger partial charge on any atom is -0.399 e. The Balaban J connectivity index is 2.17. The zero-order chi connectivity index (χ0) is 15.1. The van der Waals surface area contributed by atoms with Crippen LogP contribution in [-0.2, 0) is 6.18 Å². The average Bonchev–Trinajstić information content (AvgIpc) is 2.24. The maximum Gasteiger partial charge on any atom is 0.416 e. The van der Waals surface area contributed by atoms with Crippen LogP contribution in [0, 0.1) is 0 Å². The fraction of sp³-hybridized carbons (Fsp3) is 0.462. The van der Waals surface area contributed by atoms with E-state index in [1.165, 1.54) is 11.0 Å². The van der Waals surface area contributed by atoms with E-state index in [0.29, 0.717) is 13.1 Å². The van der Waals surface area contributed by atoms with Crippen LogP contribution in [0.3, 0.4) is 0 Å². The third-order valence-corrected chi connectivity index (χ3v) is 3.41. The normalized spacial score (nSPS) is 16.4. The minimum absolute atomic E-state index is 0.0190. The predicted octanol–water partition coefficient (Wildman–Crippen LogP) is 1.67. The van der Waals surface area contributed by atoms with Crippen molar-refractivity contribution in [2.24, 2.45) is 0 Å². The molecule has 1 fully saturated rings. The topological polar surface area (TPSA) is 49.6 Å². The molecule has 1 aliphatic heterocycles.